The Morgan fingerprint density at radius 3 is 3.00 bits per heavy atom. The molecule has 0 aromatic carbocycles. The summed E-state index contributed by atoms with van der Waals surface area (Å²) in [5, 5.41) is 17.4. The van der Waals surface area contributed by atoms with Crippen molar-refractivity contribution in [2.45, 2.75) is 12.5 Å². The Morgan fingerprint density at radius 2 is 2.43 bits per heavy atom. The van der Waals surface area contributed by atoms with Gasteiger partial charge in [-0.3, -0.25) is 0 Å². The molecule has 2 rings (SSSR count). The normalized spacial score (nSPS) is 13.0. The van der Waals surface area contributed by atoms with Gasteiger partial charge in [0.2, 0.25) is 0 Å². The Hall–Kier alpha value is -0.300. The van der Waals surface area contributed by atoms with Crippen LogP contribution in [0.5, 0.6) is 0 Å². The smallest absolute Gasteiger partial charge is 0.104 e. The molecule has 0 fully saturated rings. The molecular weight excluding hydrogens is 284 g/mol. The first-order chi connectivity index (χ1) is 6.77. The molecule has 2 aromatic heterocycles. The van der Waals surface area contributed by atoms with Crippen LogP contribution in [0.15, 0.2) is 21.3 Å². The average molecular weight is 291 g/mol. The molecule has 3 nitrogen and oxygen atoms in total. The third kappa shape index (κ3) is 2.20. The Labute approximate surface area is 97.7 Å². The molecule has 0 saturated carbocycles. The van der Waals surface area contributed by atoms with Gasteiger partial charge < -0.3 is 5.11 Å². The number of halogens is 1. The number of aromatic nitrogens is 2. The molecule has 2 heterocycles. The van der Waals surface area contributed by atoms with E-state index in [1.54, 1.807) is 16.7 Å². The minimum Gasteiger partial charge on any atom is -0.386 e. The Bertz CT molecular complexity index is 401. The summed E-state index contributed by atoms with van der Waals surface area (Å²) in [6.45, 7) is 0. The van der Waals surface area contributed by atoms with E-state index in [4.69, 9.17) is 0 Å². The summed E-state index contributed by atoms with van der Waals surface area (Å²) in [6.07, 6.45) is 0.0348. The molecule has 1 unspecified atom stereocenters. The zero-order chi connectivity index (χ0) is 9.97. The second-order valence-corrected chi connectivity index (χ2v) is 5.21. The highest BCUT2D eigenvalue weighted by Crippen LogP contribution is 2.27. The number of aliphatic hydroxyl groups excluding tert-OH is 1. The maximum atomic E-state index is 9.80. The molecule has 14 heavy (non-hydrogen) atoms. The lowest BCUT2D eigenvalue weighted by atomic mass is 10.2. The van der Waals surface area contributed by atoms with Crippen molar-refractivity contribution in [2.75, 3.05) is 0 Å². The summed E-state index contributed by atoms with van der Waals surface area (Å²) < 4.78 is 4.76. The number of rotatable bonds is 3. The van der Waals surface area contributed by atoms with E-state index >= 15 is 0 Å². The number of thiophene rings is 1. The van der Waals surface area contributed by atoms with Crippen LogP contribution < -0.4 is 0 Å². The molecule has 0 spiro atoms. The fourth-order valence-corrected chi connectivity index (χ4v) is 3.12. The second-order valence-electron chi connectivity index (χ2n) is 2.74. The summed E-state index contributed by atoms with van der Waals surface area (Å²) in [7, 11) is 0. The maximum Gasteiger partial charge on any atom is 0.104 e. The molecule has 0 aliphatic rings. The number of nitrogens with zero attached hydrogens (tertiary/aromatic N) is 2. The zero-order valence-corrected chi connectivity index (χ0v) is 10.3. The summed E-state index contributed by atoms with van der Waals surface area (Å²) in [6, 6.07) is 1.98. The summed E-state index contributed by atoms with van der Waals surface area (Å²) in [5.74, 6) is 0. The van der Waals surface area contributed by atoms with Crippen molar-refractivity contribution >= 4 is 38.8 Å². The molecular formula is C8H7BrN2OS2. The van der Waals surface area contributed by atoms with E-state index in [9.17, 15) is 5.11 Å². The van der Waals surface area contributed by atoms with Gasteiger partial charge in [-0.15, -0.1) is 16.4 Å². The van der Waals surface area contributed by atoms with Crippen molar-refractivity contribution in [3.63, 3.8) is 0 Å². The fourth-order valence-electron chi connectivity index (χ4n) is 1.07. The molecule has 1 N–H and O–H groups in total. The van der Waals surface area contributed by atoms with Crippen molar-refractivity contribution in [1.82, 2.24) is 9.59 Å². The van der Waals surface area contributed by atoms with Gasteiger partial charge in [-0.2, -0.15) is 0 Å². The maximum absolute atomic E-state index is 9.80. The molecule has 0 saturated heterocycles. The van der Waals surface area contributed by atoms with E-state index in [1.165, 1.54) is 11.5 Å². The van der Waals surface area contributed by atoms with Crippen molar-refractivity contribution in [1.29, 1.82) is 0 Å². The Kier molecular flexibility index (Phi) is 3.27. The van der Waals surface area contributed by atoms with Crippen molar-refractivity contribution < 1.29 is 5.11 Å². The minimum absolute atomic E-state index is 0.552. The molecule has 1 atom stereocenters. The Morgan fingerprint density at radius 1 is 1.57 bits per heavy atom. The first-order valence-electron chi connectivity index (χ1n) is 3.94. The zero-order valence-electron chi connectivity index (χ0n) is 7.05. The summed E-state index contributed by atoms with van der Waals surface area (Å²) >= 11 is 6.30. The van der Waals surface area contributed by atoms with Crippen molar-refractivity contribution in [3.8, 4) is 0 Å². The standard InChI is InChI=1S/C8H7BrN2OS2/c9-5-1-2-13-8(5)3-7(12)6-4-14-11-10-6/h1-2,4,7,12H,3H2. The lowest BCUT2D eigenvalue weighted by Gasteiger charge is -2.05. The summed E-state index contributed by atoms with van der Waals surface area (Å²) in [4.78, 5) is 1.13. The van der Waals surface area contributed by atoms with E-state index < -0.39 is 6.10 Å². The van der Waals surface area contributed by atoms with Gasteiger partial charge >= 0.3 is 0 Å². The Balaban J connectivity index is 2.09. The molecule has 0 radical (unpaired) electrons. The minimum atomic E-state index is -0.552. The van der Waals surface area contributed by atoms with E-state index in [-0.39, 0.29) is 0 Å². The SMILES string of the molecule is OC(Cc1sccc1Br)c1csnn1. The predicted molar refractivity (Wildman–Crippen MR) is 60.6 cm³/mol. The number of aliphatic hydroxyl groups is 1. The molecule has 6 heteroatoms. The monoisotopic (exact) mass is 290 g/mol. The molecule has 74 valence electrons. The highest BCUT2D eigenvalue weighted by atomic mass is 79.9. The number of hydrogen-bond donors (Lipinski definition) is 1. The van der Waals surface area contributed by atoms with E-state index in [0.29, 0.717) is 12.1 Å². The largest absolute Gasteiger partial charge is 0.386 e. The first kappa shape index (κ1) is 10.2. The lowest BCUT2D eigenvalue weighted by molar-refractivity contribution is 0.174. The van der Waals surface area contributed by atoms with Crippen LogP contribution in [0.3, 0.4) is 0 Å². The summed E-state index contributed by atoms with van der Waals surface area (Å²) in [5.41, 5.74) is 0.648. The fraction of sp³-hybridized carbons (Fsp3) is 0.250. The van der Waals surface area contributed by atoms with Gasteiger partial charge in [0.15, 0.2) is 0 Å². The van der Waals surface area contributed by atoms with Crippen molar-refractivity contribution in [3.05, 3.63) is 31.9 Å². The predicted octanol–water partition coefficient (Wildman–Crippen LogP) is 2.64. The van der Waals surface area contributed by atoms with E-state index in [2.05, 4.69) is 25.5 Å². The van der Waals surface area contributed by atoms with Gasteiger partial charge in [-0.05, 0) is 38.9 Å². The number of hydrogen-bond acceptors (Lipinski definition) is 5. The van der Waals surface area contributed by atoms with Crippen LogP contribution in [0, 0.1) is 0 Å². The molecule has 0 bridgehead atoms. The van der Waals surface area contributed by atoms with Crippen molar-refractivity contribution in [2.24, 2.45) is 0 Å². The van der Waals surface area contributed by atoms with Crippen LogP contribution in [-0.2, 0) is 6.42 Å². The molecule has 0 amide bonds. The van der Waals surface area contributed by atoms with Gasteiger partial charge in [0.05, 0.1) is 0 Å². The van der Waals surface area contributed by atoms with Gasteiger partial charge in [0, 0.05) is 21.2 Å². The van der Waals surface area contributed by atoms with E-state index in [0.717, 1.165) is 9.35 Å². The molecule has 0 aliphatic carbocycles. The third-order valence-electron chi connectivity index (χ3n) is 1.79. The van der Waals surface area contributed by atoms with Gasteiger partial charge in [-0.1, -0.05) is 4.49 Å². The van der Waals surface area contributed by atoms with Crippen LogP contribution in [0.1, 0.15) is 16.7 Å². The molecule has 2 aromatic rings. The highest BCUT2D eigenvalue weighted by Gasteiger charge is 2.13. The lowest BCUT2D eigenvalue weighted by Crippen LogP contribution is -2.01. The third-order valence-corrected chi connectivity index (χ3v) is 4.26. The molecule has 0 aliphatic heterocycles. The first-order valence-corrected chi connectivity index (χ1v) is 6.45. The van der Waals surface area contributed by atoms with Crippen LogP contribution in [0.25, 0.3) is 0 Å². The van der Waals surface area contributed by atoms with Crippen LogP contribution in [0.2, 0.25) is 0 Å². The van der Waals surface area contributed by atoms with Crippen LogP contribution in [0.4, 0.5) is 0 Å². The van der Waals surface area contributed by atoms with Crippen LogP contribution in [-0.4, -0.2) is 14.7 Å². The van der Waals surface area contributed by atoms with Gasteiger partial charge in [0.25, 0.3) is 0 Å². The highest BCUT2D eigenvalue weighted by molar-refractivity contribution is 9.10. The van der Waals surface area contributed by atoms with Gasteiger partial charge in [-0.25, -0.2) is 0 Å². The van der Waals surface area contributed by atoms with Crippen LogP contribution >= 0.6 is 38.8 Å². The van der Waals surface area contributed by atoms with Gasteiger partial charge in [0.1, 0.15) is 11.8 Å². The quantitative estimate of drug-likeness (QED) is 0.945. The van der Waals surface area contributed by atoms with E-state index in [1.807, 2.05) is 11.4 Å². The topological polar surface area (TPSA) is 46.0 Å². The second kappa shape index (κ2) is 4.48. The average Bonchev–Trinajstić information content (AvgIpc) is 2.77.